The molecule has 3 rings (SSSR count). The second-order valence-corrected chi connectivity index (χ2v) is 8.83. The van der Waals surface area contributed by atoms with Gasteiger partial charge in [0.25, 0.3) is 0 Å². The predicted molar refractivity (Wildman–Crippen MR) is 97.9 cm³/mol. The van der Waals surface area contributed by atoms with E-state index in [9.17, 15) is 18.0 Å². The zero-order valence-electron chi connectivity index (χ0n) is 14.8. The number of likely N-dealkylation sites (tertiary alicyclic amines) is 1. The van der Waals surface area contributed by atoms with Crippen LogP contribution in [0.5, 0.6) is 0 Å². The van der Waals surface area contributed by atoms with E-state index in [0.29, 0.717) is 0 Å². The summed E-state index contributed by atoms with van der Waals surface area (Å²) in [6.07, 6.45) is 0.0360. The highest BCUT2D eigenvalue weighted by Crippen LogP contribution is 2.30. The lowest BCUT2D eigenvalue weighted by Crippen LogP contribution is -2.53. The number of sulfone groups is 1. The summed E-state index contributed by atoms with van der Waals surface area (Å²) in [7, 11) is -3.87. The number of hydrogen-bond donors (Lipinski definition) is 0. The highest BCUT2D eigenvalue weighted by molar-refractivity contribution is 7.92. The first-order valence-corrected chi connectivity index (χ1v) is 10.0. The van der Waals surface area contributed by atoms with Crippen LogP contribution in [0.15, 0.2) is 59.5 Å². The van der Waals surface area contributed by atoms with Crippen molar-refractivity contribution in [1.29, 1.82) is 0 Å². The summed E-state index contributed by atoms with van der Waals surface area (Å²) in [5.74, 6) is -1.53. The summed E-state index contributed by atoms with van der Waals surface area (Å²) in [5.41, 5.74) is 1.73. The van der Waals surface area contributed by atoms with Gasteiger partial charge >= 0.3 is 0 Å². The molecule has 136 valence electrons. The first-order chi connectivity index (χ1) is 12.3. The maximum absolute atomic E-state index is 13.1. The van der Waals surface area contributed by atoms with Gasteiger partial charge in [-0.25, -0.2) is 8.42 Å². The highest BCUT2D eigenvalue weighted by atomic mass is 32.2. The van der Waals surface area contributed by atoms with Gasteiger partial charge in [-0.1, -0.05) is 55.0 Å². The van der Waals surface area contributed by atoms with Gasteiger partial charge in [-0.2, -0.15) is 0 Å². The summed E-state index contributed by atoms with van der Waals surface area (Å²) >= 11 is 0. The Labute approximate surface area is 153 Å². The standard InChI is InChI=1S/C20H21NO4S/c1-14-8-10-17(11-9-14)26(24,25)19-15(2)12-18(22)21(20(19)23)13-16-6-4-3-5-7-16/h3-11,15,19H,12-13H2,1-2H3/t15-,19-/m0/s1. The number of carbonyl (C=O) groups excluding carboxylic acids is 2. The van der Waals surface area contributed by atoms with Crippen LogP contribution in [0.1, 0.15) is 24.5 Å². The molecule has 0 spiro atoms. The van der Waals surface area contributed by atoms with Gasteiger partial charge in [-0.15, -0.1) is 0 Å². The summed E-state index contributed by atoms with van der Waals surface area (Å²) in [6, 6.07) is 15.5. The molecule has 0 bridgehead atoms. The van der Waals surface area contributed by atoms with Crippen LogP contribution in [0.4, 0.5) is 0 Å². The molecule has 2 atom stereocenters. The minimum absolute atomic E-state index is 0.0360. The summed E-state index contributed by atoms with van der Waals surface area (Å²) < 4.78 is 26.1. The molecule has 0 aromatic heterocycles. The highest BCUT2D eigenvalue weighted by Gasteiger charge is 2.47. The van der Waals surface area contributed by atoms with Gasteiger partial charge in [-0.3, -0.25) is 14.5 Å². The van der Waals surface area contributed by atoms with Crippen molar-refractivity contribution in [3.05, 3.63) is 65.7 Å². The molecule has 5 nitrogen and oxygen atoms in total. The molecule has 1 heterocycles. The van der Waals surface area contributed by atoms with Crippen molar-refractivity contribution in [2.24, 2.45) is 5.92 Å². The molecule has 2 aromatic carbocycles. The summed E-state index contributed by atoms with van der Waals surface area (Å²) in [6.45, 7) is 3.60. The minimum Gasteiger partial charge on any atom is -0.277 e. The molecule has 0 radical (unpaired) electrons. The van der Waals surface area contributed by atoms with Crippen LogP contribution in [0, 0.1) is 12.8 Å². The Balaban J connectivity index is 1.94. The van der Waals surface area contributed by atoms with E-state index in [2.05, 4.69) is 0 Å². The van der Waals surface area contributed by atoms with Crippen LogP contribution in [-0.2, 0) is 26.0 Å². The fourth-order valence-electron chi connectivity index (χ4n) is 3.26. The third kappa shape index (κ3) is 3.42. The first kappa shape index (κ1) is 18.3. The second kappa shape index (κ2) is 7.03. The monoisotopic (exact) mass is 371 g/mol. The minimum atomic E-state index is -3.87. The van der Waals surface area contributed by atoms with Crippen LogP contribution < -0.4 is 0 Å². The van der Waals surface area contributed by atoms with E-state index in [1.165, 1.54) is 12.1 Å². The third-order valence-electron chi connectivity index (χ3n) is 4.69. The predicted octanol–water partition coefficient (Wildman–Crippen LogP) is 2.73. The van der Waals surface area contributed by atoms with Gasteiger partial charge in [0.05, 0.1) is 11.4 Å². The molecule has 0 N–H and O–H groups in total. The Kier molecular flexibility index (Phi) is 4.96. The Morgan fingerprint density at radius 2 is 1.62 bits per heavy atom. The smallest absolute Gasteiger partial charge is 0.248 e. The third-order valence-corrected chi connectivity index (χ3v) is 6.96. The van der Waals surface area contributed by atoms with Gasteiger partial charge in [0.2, 0.25) is 11.8 Å². The molecule has 1 saturated heterocycles. The van der Waals surface area contributed by atoms with Gasteiger partial charge in [0.1, 0.15) is 5.25 Å². The Morgan fingerprint density at radius 1 is 1.00 bits per heavy atom. The van der Waals surface area contributed by atoms with E-state index in [4.69, 9.17) is 0 Å². The molecule has 1 aliphatic heterocycles. The lowest BCUT2D eigenvalue weighted by Gasteiger charge is -2.34. The Hall–Kier alpha value is -2.47. The van der Waals surface area contributed by atoms with Crippen LogP contribution >= 0.6 is 0 Å². The molecule has 6 heteroatoms. The topological polar surface area (TPSA) is 71.5 Å². The average Bonchev–Trinajstić information content (AvgIpc) is 2.59. The molecular formula is C20H21NO4S. The van der Waals surface area contributed by atoms with E-state index in [1.807, 2.05) is 37.3 Å². The van der Waals surface area contributed by atoms with E-state index < -0.39 is 26.9 Å². The van der Waals surface area contributed by atoms with Gasteiger partial charge in [-0.05, 0) is 30.5 Å². The van der Waals surface area contributed by atoms with Crippen molar-refractivity contribution < 1.29 is 18.0 Å². The lowest BCUT2D eigenvalue weighted by atomic mass is 9.96. The number of amides is 2. The number of benzene rings is 2. The second-order valence-electron chi connectivity index (χ2n) is 6.76. The first-order valence-electron chi connectivity index (χ1n) is 8.49. The number of imide groups is 1. The maximum atomic E-state index is 13.1. The van der Waals surface area contributed by atoms with Crippen LogP contribution in [-0.4, -0.2) is 30.4 Å². The van der Waals surface area contributed by atoms with Gasteiger partial charge < -0.3 is 0 Å². The van der Waals surface area contributed by atoms with Crippen LogP contribution in [0.25, 0.3) is 0 Å². The molecule has 1 aliphatic rings. The number of hydrogen-bond acceptors (Lipinski definition) is 4. The maximum Gasteiger partial charge on any atom is 0.248 e. The molecule has 1 fully saturated rings. The fourth-order valence-corrected chi connectivity index (χ4v) is 5.17. The van der Waals surface area contributed by atoms with E-state index >= 15 is 0 Å². The largest absolute Gasteiger partial charge is 0.277 e. The van der Waals surface area contributed by atoms with Crippen molar-refractivity contribution in [3.63, 3.8) is 0 Å². The van der Waals surface area contributed by atoms with E-state index in [-0.39, 0.29) is 23.8 Å². The fraction of sp³-hybridized carbons (Fsp3) is 0.300. The van der Waals surface area contributed by atoms with Gasteiger partial charge in [0.15, 0.2) is 9.84 Å². The van der Waals surface area contributed by atoms with Crippen molar-refractivity contribution in [3.8, 4) is 0 Å². The SMILES string of the molecule is Cc1ccc(S(=O)(=O)[C@@H]2C(=O)N(Cc3ccccc3)C(=O)C[C@@H]2C)cc1. The van der Waals surface area contributed by atoms with Gasteiger partial charge in [0, 0.05) is 6.42 Å². The average molecular weight is 371 g/mol. The van der Waals surface area contributed by atoms with E-state index in [1.54, 1.807) is 19.1 Å². The van der Waals surface area contributed by atoms with Crippen molar-refractivity contribution in [2.75, 3.05) is 0 Å². The quantitative estimate of drug-likeness (QED) is 0.775. The normalized spacial score (nSPS) is 21.1. The Bertz CT molecular complexity index is 920. The van der Waals surface area contributed by atoms with E-state index in [0.717, 1.165) is 16.0 Å². The molecule has 2 amide bonds. The number of aryl methyl sites for hydroxylation is 1. The molecule has 2 aromatic rings. The number of nitrogens with zero attached hydrogens (tertiary/aromatic N) is 1. The zero-order chi connectivity index (χ0) is 18.9. The molecular weight excluding hydrogens is 350 g/mol. The molecule has 0 aliphatic carbocycles. The summed E-state index contributed by atoms with van der Waals surface area (Å²) in [5, 5.41) is -1.24. The molecule has 0 unspecified atom stereocenters. The van der Waals surface area contributed by atoms with Crippen molar-refractivity contribution in [2.45, 2.75) is 37.0 Å². The Morgan fingerprint density at radius 3 is 2.23 bits per heavy atom. The molecule has 0 saturated carbocycles. The molecule has 26 heavy (non-hydrogen) atoms. The number of piperidine rings is 1. The number of rotatable bonds is 4. The van der Waals surface area contributed by atoms with Crippen LogP contribution in [0.2, 0.25) is 0 Å². The lowest BCUT2D eigenvalue weighted by molar-refractivity contribution is -0.150. The zero-order valence-corrected chi connectivity index (χ0v) is 15.6. The summed E-state index contributed by atoms with van der Waals surface area (Å²) in [4.78, 5) is 26.5. The van der Waals surface area contributed by atoms with Crippen molar-refractivity contribution >= 4 is 21.7 Å². The van der Waals surface area contributed by atoms with Crippen LogP contribution in [0.3, 0.4) is 0 Å². The number of carbonyl (C=O) groups is 2. The van der Waals surface area contributed by atoms with Crippen molar-refractivity contribution in [1.82, 2.24) is 4.90 Å².